The molecule has 1 aliphatic rings. The molecule has 0 aromatic heterocycles. The van der Waals surface area contributed by atoms with Gasteiger partial charge in [-0.1, -0.05) is 0 Å². The Bertz CT molecular complexity index is 380. The van der Waals surface area contributed by atoms with Gasteiger partial charge in [0, 0.05) is 6.04 Å². The highest BCUT2D eigenvalue weighted by atomic mass is 79.9. The molecule has 0 heterocycles. The molecule has 0 aliphatic heterocycles. The van der Waals surface area contributed by atoms with E-state index in [4.69, 9.17) is 0 Å². The highest BCUT2D eigenvalue weighted by molar-refractivity contribution is 8.93. The summed E-state index contributed by atoms with van der Waals surface area (Å²) in [6.07, 6.45) is 3.05. The van der Waals surface area contributed by atoms with Crippen molar-refractivity contribution in [2.75, 3.05) is 14.1 Å². The van der Waals surface area contributed by atoms with Gasteiger partial charge in [-0.05, 0) is 56.6 Å². The molecule has 0 fully saturated rings. The molecule has 0 spiro atoms. The fourth-order valence-electron chi connectivity index (χ4n) is 2.20. The summed E-state index contributed by atoms with van der Waals surface area (Å²) in [5.74, 6) is -0.00907. The second kappa shape index (κ2) is 5.06. The van der Waals surface area contributed by atoms with Crippen molar-refractivity contribution in [3.8, 4) is 11.5 Å². The lowest BCUT2D eigenvalue weighted by Gasteiger charge is -2.29. The van der Waals surface area contributed by atoms with Crippen LogP contribution in [0.25, 0.3) is 0 Å². The minimum atomic E-state index is -0.00634. The van der Waals surface area contributed by atoms with Gasteiger partial charge in [0.15, 0.2) is 11.5 Å². The molecule has 4 heteroatoms. The predicted octanol–water partition coefficient (Wildman–Crippen LogP) is 2.09. The Morgan fingerprint density at radius 3 is 2.25 bits per heavy atom. The van der Waals surface area contributed by atoms with E-state index in [9.17, 15) is 10.2 Å². The number of likely N-dealkylation sites (N-methyl/N-ethyl adjacent to an activating group) is 1. The highest BCUT2D eigenvalue weighted by Gasteiger charge is 2.21. The van der Waals surface area contributed by atoms with Crippen molar-refractivity contribution in [2.24, 2.45) is 0 Å². The first-order valence-electron chi connectivity index (χ1n) is 5.28. The van der Waals surface area contributed by atoms with Crippen molar-refractivity contribution in [3.05, 3.63) is 23.3 Å². The lowest BCUT2D eigenvalue weighted by Crippen LogP contribution is -2.33. The Hall–Kier alpha value is -0.740. The van der Waals surface area contributed by atoms with Crippen LogP contribution >= 0.6 is 17.0 Å². The van der Waals surface area contributed by atoms with Crippen LogP contribution in [0.4, 0.5) is 0 Å². The molecule has 2 N–H and O–H groups in total. The summed E-state index contributed by atoms with van der Waals surface area (Å²) in [5.41, 5.74) is 2.33. The number of aromatic hydroxyl groups is 2. The van der Waals surface area contributed by atoms with Gasteiger partial charge in [0.25, 0.3) is 0 Å². The molecule has 1 aromatic carbocycles. The molecule has 0 amide bonds. The first-order valence-corrected chi connectivity index (χ1v) is 5.28. The largest absolute Gasteiger partial charge is 0.504 e. The lowest BCUT2D eigenvalue weighted by atomic mass is 9.87. The minimum absolute atomic E-state index is 0. The van der Waals surface area contributed by atoms with Crippen molar-refractivity contribution in [1.29, 1.82) is 0 Å². The maximum Gasteiger partial charge on any atom is 0.157 e. The SMILES string of the molecule is Br.CN(C)C1CCc2cc(O)c(O)cc2C1. The van der Waals surface area contributed by atoms with Crippen molar-refractivity contribution >= 4 is 17.0 Å². The Morgan fingerprint density at radius 2 is 1.69 bits per heavy atom. The molecular weight excluding hydrogens is 270 g/mol. The van der Waals surface area contributed by atoms with Crippen molar-refractivity contribution in [3.63, 3.8) is 0 Å². The van der Waals surface area contributed by atoms with Gasteiger partial charge in [-0.15, -0.1) is 17.0 Å². The van der Waals surface area contributed by atoms with Crippen LogP contribution < -0.4 is 0 Å². The van der Waals surface area contributed by atoms with Crippen molar-refractivity contribution in [1.82, 2.24) is 4.90 Å². The van der Waals surface area contributed by atoms with Crippen LogP contribution in [0.2, 0.25) is 0 Å². The summed E-state index contributed by atoms with van der Waals surface area (Å²) in [7, 11) is 4.16. The van der Waals surface area contributed by atoms with Gasteiger partial charge in [-0.25, -0.2) is 0 Å². The van der Waals surface area contributed by atoms with E-state index in [2.05, 4.69) is 19.0 Å². The third kappa shape index (κ3) is 2.50. The fraction of sp³-hybridized carbons (Fsp3) is 0.500. The number of benzene rings is 1. The van der Waals surface area contributed by atoms with Gasteiger partial charge >= 0.3 is 0 Å². The van der Waals surface area contributed by atoms with Gasteiger partial charge in [0.05, 0.1) is 0 Å². The molecule has 0 bridgehead atoms. The Labute approximate surface area is 106 Å². The number of hydrogen-bond donors (Lipinski definition) is 2. The Balaban J connectivity index is 0.00000128. The van der Waals surface area contributed by atoms with Crippen LogP contribution in [0.15, 0.2) is 12.1 Å². The zero-order valence-electron chi connectivity index (χ0n) is 9.60. The second-order valence-corrected chi connectivity index (χ2v) is 4.47. The standard InChI is InChI=1S/C12H17NO2.BrH/c1-13(2)10-4-3-8-6-11(14)12(15)7-9(8)5-10;/h6-7,10,14-15H,3-5H2,1-2H3;1H. The van der Waals surface area contributed by atoms with Gasteiger partial charge < -0.3 is 15.1 Å². The fourth-order valence-corrected chi connectivity index (χ4v) is 2.20. The van der Waals surface area contributed by atoms with Gasteiger partial charge in [0.2, 0.25) is 0 Å². The zero-order valence-corrected chi connectivity index (χ0v) is 11.3. The molecule has 90 valence electrons. The average Bonchev–Trinajstić information content (AvgIpc) is 2.19. The van der Waals surface area contributed by atoms with Crippen LogP contribution in [-0.4, -0.2) is 35.3 Å². The number of phenolic OH excluding ortho intramolecular Hbond substituents is 2. The molecular formula is C12H18BrNO2. The topological polar surface area (TPSA) is 43.7 Å². The van der Waals surface area contributed by atoms with Crippen LogP contribution in [0.3, 0.4) is 0 Å². The number of nitrogens with zero attached hydrogens (tertiary/aromatic N) is 1. The van der Waals surface area contributed by atoms with Crippen LogP contribution in [0, 0.1) is 0 Å². The quantitative estimate of drug-likeness (QED) is 0.778. The van der Waals surface area contributed by atoms with Gasteiger partial charge in [-0.2, -0.15) is 0 Å². The number of hydrogen-bond acceptors (Lipinski definition) is 3. The molecule has 2 rings (SSSR count). The first-order chi connectivity index (χ1) is 7.08. The van der Waals surface area contributed by atoms with Crippen LogP contribution in [0.5, 0.6) is 11.5 Å². The molecule has 0 saturated heterocycles. The zero-order chi connectivity index (χ0) is 11.0. The first kappa shape index (κ1) is 13.3. The summed E-state index contributed by atoms with van der Waals surface area (Å²) in [6, 6.07) is 3.93. The van der Waals surface area contributed by atoms with Gasteiger partial charge in [0.1, 0.15) is 0 Å². The number of fused-ring (bicyclic) bond motifs is 1. The number of halogens is 1. The molecule has 16 heavy (non-hydrogen) atoms. The Morgan fingerprint density at radius 1 is 1.12 bits per heavy atom. The molecule has 0 radical (unpaired) electrons. The summed E-state index contributed by atoms with van der Waals surface area (Å²) in [6.45, 7) is 0. The molecule has 1 atom stereocenters. The molecule has 1 aromatic rings. The van der Waals surface area contributed by atoms with Crippen molar-refractivity contribution < 1.29 is 10.2 Å². The molecule has 0 saturated carbocycles. The van der Waals surface area contributed by atoms with E-state index in [1.54, 1.807) is 12.1 Å². The summed E-state index contributed by atoms with van der Waals surface area (Å²) < 4.78 is 0. The third-order valence-corrected chi connectivity index (χ3v) is 3.23. The monoisotopic (exact) mass is 287 g/mol. The van der Waals surface area contributed by atoms with E-state index in [0.717, 1.165) is 24.8 Å². The number of aryl methyl sites for hydroxylation is 1. The van der Waals surface area contributed by atoms with E-state index in [1.165, 1.54) is 5.56 Å². The maximum absolute atomic E-state index is 9.44. The van der Waals surface area contributed by atoms with Crippen LogP contribution in [0.1, 0.15) is 17.5 Å². The number of rotatable bonds is 1. The molecule has 1 unspecified atom stereocenters. The van der Waals surface area contributed by atoms with E-state index in [-0.39, 0.29) is 28.5 Å². The van der Waals surface area contributed by atoms with E-state index >= 15 is 0 Å². The summed E-state index contributed by atoms with van der Waals surface area (Å²) >= 11 is 0. The van der Waals surface area contributed by atoms with E-state index in [0.29, 0.717) is 6.04 Å². The summed E-state index contributed by atoms with van der Waals surface area (Å²) in [5, 5.41) is 18.8. The minimum Gasteiger partial charge on any atom is -0.504 e. The predicted molar refractivity (Wildman–Crippen MR) is 69.6 cm³/mol. The maximum atomic E-state index is 9.44. The summed E-state index contributed by atoms with van der Waals surface area (Å²) in [4.78, 5) is 2.22. The van der Waals surface area contributed by atoms with Crippen LogP contribution in [-0.2, 0) is 12.8 Å². The second-order valence-electron chi connectivity index (χ2n) is 4.47. The average molecular weight is 288 g/mol. The Kier molecular flexibility index (Phi) is 4.21. The highest BCUT2D eigenvalue weighted by Crippen LogP contribution is 2.33. The third-order valence-electron chi connectivity index (χ3n) is 3.23. The van der Waals surface area contributed by atoms with Gasteiger partial charge in [-0.3, -0.25) is 0 Å². The lowest BCUT2D eigenvalue weighted by molar-refractivity contribution is 0.267. The molecule has 1 aliphatic carbocycles. The number of phenols is 2. The smallest absolute Gasteiger partial charge is 0.157 e. The molecule has 3 nitrogen and oxygen atoms in total. The van der Waals surface area contributed by atoms with E-state index < -0.39 is 0 Å². The van der Waals surface area contributed by atoms with Crippen molar-refractivity contribution in [2.45, 2.75) is 25.3 Å². The van der Waals surface area contributed by atoms with E-state index in [1.807, 2.05) is 0 Å². The normalized spacial score (nSPS) is 19.1.